The van der Waals surface area contributed by atoms with Gasteiger partial charge in [0, 0.05) is 19.8 Å². The SMILES string of the molecule is CCNCC(=O)NCC1CCOCC1. The molecule has 0 aromatic heterocycles. The molecule has 0 spiro atoms. The number of carbonyl (C=O) groups is 1. The highest BCUT2D eigenvalue weighted by Crippen LogP contribution is 2.12. The molecular weight excluding hydrogens is 180 g/mol. The lowest BCUT2D eigenvalue weighted by atomic mass is 10.0. The molecule has 1 aliphatic heterocycles. The topological polar surface area (TPSA) is 50.4 Å². The van der Waals surface area contributed by atoms with Gasteiger partial charge in [0.05, 0.1) is 6.54 Å². The van der Waals surface area contributed by atoms with Crippen LogP contribution in [0.5, 0.6) is 0 Å². The van der Waals surface area contributed by atoms with Crippen LogP contribution in [-0.4, -0.2) is 38.8 Å². The summed E-state index contributed by atoms with van der Waals surface area (Å²) >= 11 is 0. The Hall–Kier alpha value is -0.610. The largest absolute Gasteiger partial charge is 0.381 e. The summed E-state index contributed by atoms with van der Waals surface area (Å²) in [5.74, 6) is 0.702. The van der Waals surface area contributed by atoms with Crippen LogP contribution in [0.1, 0.15) is 19.8 Å². The molecule has 2 N–H and O–H groups in total. The van der Waals surface area contributed by atoms with Crippen molar-refractivity contribution < 1.29 is 9.53 Å². The van der Waals surface area contributed by atoms with E-state index in [-0.39, 0.29) is 5.91 Å². The van der Waals surface area contributed by atoms with Gasteiger partial charge < -0.3 is 15.4 Å². The summed E-state index contributed by atoms with van der Waals surface area (Å²) in [5, 5.41) is 5.93. The lowest BCUT2D eigenvalue weighted by Gasteiger charge is -2.22. The van der Waals surface area contributed by atoms with Crippen LogP contribution < -0.4 is 10.6 Å². The van der Waals surface area contributed by atoms with E-state index in [1.807, 2.05) is 6.92 Å². The van der Waals surface area contributed by atoms with Gasteiger partial charge >= 0.3 is 0 Å². The van der Waals surface area contributed by atoms with Crippen molar-refractivity contribution in [3.63, 3.8) is 0 Å². The van der Waals surface area contributed by atoms with E-state index in [1.54, 1.807) is 0 Å². The van der Waals surface area contributed by atoms with Crippen molar-refractivity contribution in [2.45, 2.75) is 19.8 Å². The molecule has 1 amide bonds. The summed E-state index contributed by atoms with van der Waals surface area (Å²) < 4.78 is 5.25. The Kier molecular flexibility index (Phi) is 5.56. The zero-order valence-corrected chi connectivity index (χ0v) is 8.84. The molecular formula is C10H20N2O2. The van der Waals surface area contributed by atoms with Gasteiger partial charge in [-0.3, -0.25) is 4.79 Å². The maximum Gasteiger partial charge on any atom is 0.233 e. The third kappa shape index (κ3) is 4.58. The van der Waals surface area contributed by atoms with Gasteiger partial charge in [-0.05, 0) is 25.3 Å². The monoisotopic (exact) mass is 200 g/mol. The van der Waals surface area contributed by atoms with E-state index in [1.165, 1.54) is 0 Å². The Morgan fingerprint density at radius 2 is 2.14 bits per heavy atom. The minimum atomic E-state index is 0.0957. The quantitative estimate of drug-likeness (QED) is 0.663. The van der Waals surface area contributed by atoms with Crippen LogP contribution in [0.25, 0.3) is 0 Å². The summed E-state index contributed by atoms with van der Waals surface area (Å²) in [4.78, 5) is 11.2. The van der Waals surface area contributed by atoms with Gasteiger partial charge in [0.25, 0.3) is 0 Å². The Balaban J connectivity index is 2.03. The molecule has 1 aliphatic rings. The third-order valence-electron chi connectivity index (χ3n) is 2.46. The lowest BCUT2D eigenvalue weighted by Crippen LogP contribution is -2.37. The molecule has 0 unspecified atom stereocenters. The van der Waals surface area contributed by atoms with E-state index in [9.17, 15) is 4.79 Å². The van der Waals surface area contributed by atoms with Crippen LogP contribution in [0, 0.1) is 5.92 Å². The fourth-order valence-corrected chi connectivity index (χ4v) is 1.51. The van der Waals surface area contributed by atoms with Crippen LogP contribution in [0.3, 0.4) is 0 Å². The summed E-state index contributed by atoms with van der Waals surface area (Å²) in [5.41, 5.74) is 0. The molecule has 4 heteroatoms. The van der Waals surface area contributed by atoms with Crippen molar-refractivity contribution in [2.24, 2.45) is 5.92 Å². The zero-order valence-electron chi connectivity index (χ0n) is 8.84. The van der Waals surface area contributed by atoms with Gasteiger partial charge in [0.1, 0.15) is 0 Å². The van der Waals surface area contributed by atoms with E-state index in [4.69, 9.17) is 4.74 Å². The summed E-state index contributed by atoms with van der Waals surface area (Å²) in [6, 6.07) is 0. The highest BCUT2D eigenvalue weighted by atomic mass is 16.5. The molecule has 0 bridgehead atoms. The normalized spacial score (nSPS) is 18.1. The molecule has 0 atom stereocenters. The second-order valence-corrected chi connectivity index (χ2v) is 3.64. The fourth-order valence-electron chi connectivity index (χ4n) is 1.51. The van der Waals surface area contributed by atoms with Crippen molar-refractivity contribution in [1.29, 1.82) is 0 Å². The Bertz CT molecular complexity index is 168. The molecule has 1 heterocycles. The first-order valence-corrected chi connectivity index (χ1v) is 5.38. The second kappa shape index (κ2) is 6.79. The molecule has 0 saturated carbocycles. The minimum absolute atomic E-state index is 0.0957. The first kappa shape index (κ1) is 11.5. The molecule has 0 aliphatic carbocycles. The number of likely N-dealkylation sites (N-methyl/N-ethyl adjacent to an activating group) is 1. The Morgan fingerprint density at radius 3 is 2.79 bits per heavy atom. The zero-order chi connectivity index (χ0) is 10.2. The second-order valence-electron chi connectivity index (χ2n) is 3.64. The Labute approximate surface area is 85.4 Å². The predicted octanol–water partition coefficient (Wildman–Crippen LogP) is 0.139. The molecule has 1 saturated heterocycles. The van der Waals surface area contributed by atoms with Crippen molar-refractivity contribution in [1.82, 2.24) is 10.6 Å². The molecule has 82 valence electrons. The Morgan fingerprint density at radius 1 is 1.43 bits per heavy atom. The van der Waals surface area contributed by atoms with Crippen LogP contribution in [-0.2, 0) is 9.53 Å². The number of carbonyl (C=O) groups excluding carboxylic acids is 1. The van der Waals surface area contributed by atoms with Gasteiger partial charge in [0.15, 0.2) is 0 Å². The highest BCUT2D eigenvalue weighted by Gasteiger charge is 2.14. The van der Waals surface area contributed by atoms with Crippen molar-refractivity contribution in [3.05, 3.63) is 0 Å². The number of ether oxygens (including phenoxy) is 1. The van der Waals surface area contributed by atoms with Crippen LogP contribution in [0.2, 0.25) is 0 Å². The number of nitrogens with one attached hydrogen (secondary N) is 2. The van der Waals surface area contributed by atoms with Crippen LogP contribution in [0.4, 0.5) is 0 Å². The molecule has 0 radical (unpaired) electrons. The molecule has 4 nitrogen and oxygen atoms in total. The van der Waals surface area contributed by atoms with E-state index >= 15 is 0 Å². The van der Waals surface area contributed by atoms with E-state index < -0.39 is 0 Å². The predicted molar refractivity (Wildman–Crippen MR) is 55.1 cm³/mol. The average molecular weight is 200 g/mol. The first-order valence-electron chi connectivity index (χ1n) is 5.38. The van der Waals surface area contributed by atoms with Crippen LogP contribution in [0.15, 0.2) is 0 Å². The van der Waals surface area contributed by atoms with Gasteiger partial charge in [-0.15, -0.1) is 0 Å². The first-order chi connectivity index (χ1) is 6.83. The molecule has 0 aromatic carbocycles. The number of hydrogen-bond acceptors (Lipinski definition) is 3. The average Bonchev–Trinajstić information content (AvgIpc) is 2.25. The van der Waals surface area contributed by atoms with Crippen molar-refractivity contribution in [3.8, 4) is 0 Å². The summed E-state index contributed by atoms with van der Waals surface area (Å²) in [6.07, 6.45) is 2.14. The van der Waals surface area contributed by atoms with Crippen molar-refractivity contribution in [2.75, 3.05) is 32.8 Å². The maximum atomic E-state index is 11.2. The number of rotatable bonds is 5. The van der Waals surface area contributed by atoms with Crippen LogP contribution >= 0.6 is 0 Å². The van der Waals surface area contributed by atoms with Gasteiger partial charge in [0.2, 0.25) is 5.91 Å². The smallest absolute Gasteiger partial charge is 0.233 e. The standard InChI is InChI=1S/C10H20N2O2/c1-2-11-8-10(13)12-7-9-3-5-14-6-4-9/h9,11H,2-8H2,1H3,(H,12,13). The van der Waals surface area contributed by atoms with Gasteiger partial charge in [-0.25, -0.2) is 0 Å². The lowest BCUT2D eigenvalue weighted by molar-refractivity contribution is -0.120. The van der Waals surface area contributed by atoms with Gasteiger partial charge in [-0.2, -0.15) is 0 Å². The van der Waals surface area contributed by atoms with Gasteiger partial charge in [-0.1, -0.05) is 6.92 Å². The molecule has 14 heavy (non-hydrogen) atoms. The number of hydrogen-bond donors (Lipinski definition) is 2. The molecule has 1 rings (SSSR count). The summed E-state index contributed by atoms with van der Waals surface area (Å²) in [7, 11) is 0. The highest BCUT2D eigenvalue weighted by molar-refractivity contribution is 5.77. The van der Waals surface area contributed by atoms with E-state index in [0.717, 1.165) is 39.1 Å². The minimum Gasteiger partial charge on any atom is -0.381 e. The molecule has 0 aromatic rings. The third-order valence-corrected chi connectivity index (χ3v) is 2.46. The van der Waals surface area contributed by atoms with E-state index in [2.05, 4.69) is 10.6 Å². The van der Waals surface area contributed by atoms with E-state index in [0.29, 0.717) is 12.5 Å². The number of amides is 1. The fraction of sp³-hybridized carbons (Fsp3) is 0.900. The molecule has 1 fully saturated rings. The van der Waals surface area contributed by atoms with Crippen molar-refractivity contribution >= 4 is 5.91 Å². The summed E-state index contributed by atoms with van der Waals surface area (Å²) in [6.45, 7) is 5.74. The maximum absolute atomic E-state index is 11.2.